The highest BCUT2D eigenvalue weighted by Crippen LogP contribution is 2.30. The Morgan fingerprint density at radius 2 is 1.69 bits per heavy atom. The van der Waals surface area contributed by atoms with E-state index >= 15 is 0 Å². The van der Waals surface area contributed by atoms with Crippen molar-refractivity contribution in [2.75, 3.05) is 0 Å². The first-order valence-electron chi connectivity index (χ1n) is 6.38. The van der Waals surface area contributed by atoms with Gasteiger partial charge in [0.1, 0.15) is 10.5 Å². The highest BCUT2D eigenvalue weighted by atomic mass is 28.4. The van der Waals surface area contributed by atoms with Gasteiger partial charge in [0.25, 0.3) is 0 Å². The van der Waals surface area contributed by atoms with Gasteiger partial charge in [-0.2, -0.15) is 5.26 Å². The van der Waals surface area contributed by atoms with Crippen molar-refractivity contribution in [1.29, 1.82) is 5.26 Å². The highest BCUT2D eigenvalue weighted by molar-refractivity contribution is 6.76. The first-order valence-corrected chi connectivity index (χ1v) is 9.72. The molecule has 0 N–H and O–H groups in total. The molecule has 0 rings (SSSR count). The summed E-state index contributed by atoms with van der Waals surface area (Å²) in [6.45, 7) is 9.14. The van der Waals surface area contributed by atoms with Crippen LogP contribution < -0.4 is 0 Å². The third-order valence-corrected chi connectivity index (χ3v) is 10.8. The van der Waals surface area contributed by atoms with Crippen LogP contribution in [0.1, 0.15) is 40.5 Å². The van der Waals surface area contributed by atoms with Crippen LogP contribution in [0.15, 0.2) is 0 Å². The SMILES string of the molecule is CC(C)C[Si](CCCC#N)(CC(C)C)O[SiH3]. The van der Waals surface area contributed by atoms with E-state index in [1.54, 1.807) is 0 Å². The van der Waals surface area contributed by atoms with Gasteiger partial charge in [0, 0.05) is 6.42 Å². The van der Waals surface area contributed by atoms with Crippen molar-refractivity contribution in [3.63, 3.8) is 0 Å². The van der Waals surface area contributed by atoms with Crippen molar-refractivity contribution in [1.82, 2.24) is 0 Å². The largest absolute Gasteiger partial charge is 0.463 e. The predicted molar refractivity (Wildman–Crippen MR) is 75.7 cm³/mol. The van der Waals surface area contributed by atoms with Gasteiger partial charge < -0.3 is 4.12 Å². The minimum atomic E-state index is -1.52. The fourth-order valence-electron chi connectivity index (χ4n) is 2.53. The highest BCUT2D eigenvalue weighted by Gasteiger charge is 2.34. The van der Waals surface area contributed by atoms with Crippen LogP contribution in [0.5, 0.6) is 0 Å². The molecule has 0 aromatic carbocycles. The first-order chi connectivity index (χ1) is 7.45. The van der Waals surface area contributed by atoms with E-state index < -0.39 is 8.32 Å². The van der Waals surface area contributed by atoms with Crippen LogP contribution in [0.2, 0.25) is 18.1 Å². The Balaban J connectivity index is 4.47. The molecule has 0 unspecified atom stereocenters. The van der Waals surface area contributed by atoms with E-state index in [4.69, 9.17) is 9.38 Å². The van der Waals surface area contributed by atoms with E-state index in [1.807, 2.05) is 0 Å². The average Bonchev–Trinajstić information content (AvgIpc) is 2.16. The maximum absolute atomic E-state index is 8.63. The van der Waals surface area contributed by atoms with Crippen molar-refractivity contribution < 1.29 is 4.12 Å². The number of nitriles is 1. The zero-order valence-corrected chi connectivity index (χ0v) is 14.5. The summed E-state index contributed by atoms with van der Waals surface area (Å²) in [7, 11) is -0.668. The molecule has 0 amide bonds. The van der Waals surface area contributed by atoms with Crippen LogP contribution in [0.4, 0.5) is 0 Å². The van der Waals surface area contributed by atoms with Crippen LogP contribution >= 0.6 is 0 Å². The van der Waals surface area contributed by atoms with E-state index in [0.717, 1.165) is 28.7 Å². The number of hydrogen-bond acceptors (Lipinski definition) is 2. The lowest BCUT2D eigenvalue weighted by Gasteiger charge is -2.33. The Bertz CT molecular complexity index is 214. The fraction of sp³-hybridized carbons (Fsp3) is 0.917. The Kier molecular flexibility index (Phi) is 7.99. The van der Waals surface area contributed by atoms with Crippen molar-refractivity contribution >= 4 is 18.8 Å². The van der Waals surface area contributed by atoms with Gasteiger partial charge in [0.05, 0.1) is 6.07 Å². The molecule has 0 bridgehead atoms. The lowest BCUT2D eigenvalue weighted by molar-refractivity contribution is 0.521. The van der Waals surface area contributed by atoms with Gasteiger partial charge in [-0.05, 0) is 36.4 Å². The maximum atomic E-state index is 8.63. The van der Waals surface area contributed by atoms with Crippen molar-refractivity contribution in [3.8, 4) is 6.07 Å². The third-order valence-electron chi connectivity index (χ3n) is 2.91. The van der Waals surface area contributed by atoms with Crippen LogP contribution in [0, 0.1) is 23.2 Å². The number of hydrogen-bond donors (Lipinski definition) is 0. The Labute approximate surface area is 105 Å². The van der Waals surface area contributed by atoms with Crippen LogP contribution in [0.3, 0.4) is 0 Å². The zero-order valence-electron chi connectivity index (χ0n) is 11.5. The minimum absolute atomic E-state index is 0.690. The molecular formula is C12H27NOSi2. The molecule has 2 nitrogen and oxygen atoms in total. The van der Waals surface area contributed by atoms with Gasteiger partial charge in [0.15, 0.2) is 8.32 Å². The summed E-state index contributed by atoms with van der Waals surface area (Å²) in [5, 5.41) is 8.63. The summed E-state index contributed by atoms with van der Waals surface area (Å²) in [6, 6.07) is 5.96. The summed E-state index contributed by atoms with van der Waals surface area (Å²) in [5.74, 6) is 1.45. The van der Waals surface area contributed by atoms with Gasteiger partial charge in [-0.1, -0.05) is 27.7 Å². The second-order valence-electron chi connectivity index (χ2n) is 5.59. The molecule has 0 aromatic rings. The van der Waals surface area contributed by atoms with Crippen molar-refractivity contribution in [2.24, 2.45) is 11.8 Å². The van der Waals surface area contributed by atoms with E-state index in [0.29, 0.717) is 6.42 Å². The number of nitrogens with zero attached hydrogens (tertiary/aromatic N) is 1. The molecule has 0 aliphatic heterocycles. The monoisotopic (exact) mass is 257 g/mol. The average molecular weight is 258 g/mol. The van der Waals surface area contributed by atoms with Crippen LogP contribution in [0.25, 0.3) is 0 Å². The number of rotatable bonds is 8. The molecule has 0 aliphatic rings. The molecule has 0 radical (unpaired) electrons. The van der Waals surface area contributed by atoms with Gasteiger partial charge in [-0.15, -0.1) is 0 Å². The third kappa shape index (κ3) is 6.46. The van der Waals surface area contributed by atoms with E-state index in [1.165, 1.54) is 18.1 Å². The van der Waals surface area contributed by atoms with Crippen molar-refractivity contribution in [3.05, 3.63) is 0 Å². The Hall–Kier alpha value is -0.116. The molecule has 0 spiro atoms. The predicted octanol–water partition coefficient (Wildman–Crippen LogP) is 2.84. The van der Waals surface area contributed by atoms with E-state index in [9.17, 15) is 0 Å². The van der Waals surface area contributed by atoms with Crippen LogP contribution in [-0.2, 0) is 4.12 Å². The molecule has 94 valence electrons. The fourth-order valence-corrected chi connectivity index (χ4v) is 9.06. The second kappa shape index (κ2) is 8.05. The molecular weight excluding hydrogens is 230 g/mol. The van der Waals surface area contributed by atoms with Crippen LogP contribution in [-0.4, -0.2) is 18.8 Å². The van der Waals surface area contributed by atoms with Gasteiger partial charge >= 0.3 is 0 Å². The normalized spacial score (nSPS) is 12.3. The molecule has 0 fully saturated rings. The standard InChI is InChI=1S/C12H27NOSi2/c1-11(2)9-16(14-15,10-12(3)4)8-6-5-7-13/h11-12H,5-6,8-10H2,1-4,15H3. The summed E-state index contributed by atoms with van der Waals surface area (Å²) < 4.78 is 6.07. The molecule has 0 saturated carbocycles. The number of unbranched alkanes of at least 4 members (excludes halogenated alkanes) is 1. The van der Waals surface area contributed by atoms with Gasteiger partial charge in [-0.3, -0.25) is 0 Å². The summed E-state index contributed by atoms with van der Waals surface area (Å²) in [4.78, 5) is 0. The van der Waals surface area contributed by atoms with Gasteiger partial charge in [-0.25, -0.2) is 0 Å². The second-order valence-corrected chi connectivity index (χ2v) is 10.9. The first kappa shape index (κ1) is 15.9. The van der Waals surface area contributed by atoms with Crippen molar-refractivity contribution in [2.45, 2.75) is 58.7 Å². The molecule has 0 atom stereocenters. The molecule has 0 heterocycles. The summed E-state index contributed by atoms with van der Waals surface area (Å²) >= 11 is 0. The van der Waals surface area contributed by atoms with Gasteiger partial charge in [0.2, 0.25) is 0 Å². The summed E-state index contributed by atoms with van der Waals surface area (Å²) in [5.41, 5.74) is 0. The lowest BCUT2D eigenvalue weighted by Crippen LogP contribution is -2.40. The smallest absolute Gasteiger partial charge is 0.179 e. The lowest BCUT2D eigenvalue weighted by atomic mass is 10.3. The summed E-state index contributed by atoms with van der Waals surface area (Å²) in [6.07, 6.45) is 1.72. The quantitative estimate of drug-likeness (QED) is 0.495. The Morgan fingerprint density at radius 3 is 2.00 bits per heavy atom. The molecule has 0 saturated heterocycles. The molecule has 16 heavy (non-hydrogen) atoms. The molecule has 0 aliphatic carbocycles. The maximum Gasteiger partial charge on any atom is 0.179 e. The zero-order chi connectivity index (χ0) is 12.6. The molecule has 4 heteroatoms. The topological polar surface area (TPSA) is 33.0 Å². The van der Waals surface area contributed by atoms with E-state index in [-0.39, 0.29) is 0 Å². The van der Waals surface area contributed by atoms with E-state index in [2.05, 4.69) is 33.8 Å². The molecule has 0 aromatic heterocycles. The minimum Gasteiger partial charge on any atom is -0.463 e. The Morgan fingerprint density at radius 1 is 1.19 bits per heavy atom.